The summed E-state index contributed by atoms with van der Waals surface area (Å²) in [5.41, 5.74) is 6.02. The zero-order valence-electron chi connectivity index (χ0n) is 10.1. The fraction of sp³-hybridized carbons (Fsp3) is 0.200. The molecule has 0 radical (unpaired) electrons. The standard InChI is InChI=1S/C10H12N4O2S2.H2O/c1-2-9-12-13-10(17-9)14-18(15,16)8-5-3-7(11)4-6-8;/h3-6H,2,11H2,1H3,(H,13,14);1H2. The number of aromatic nitrogens is 2. The Labute approximate surface area is 114 Å². The summed E-state index contributed by atoms with van der Waals surface area (Å²) in [6.45, 7) is 1.93. The first kappa shape index (κ1) is 15.3. The highest BCUT2D eigenvalue weighted by atomic mass is 32.2. The van der Waals surface area contributed by atoms with Crippen molar-refractivity contribution in [2.45, 2.75) is 18.2 Å². The molecule has 0 aliphatic rings. The summed E-state index contributed by atoms with van der Waals surface area (Å²) in [5.74, 6) is 0. The lowest BCUT2D eigenvalue weighted by molar-refractivity contribution is 0.601. The first-order valence-electron chi connectivity index (χ1n) is 5.22. The van der Waals surface area contributed by atoms with Crippen molar-refractivity contribution in [3.05, 3.63) is 29.3 Å². The molecule has 2 rings (SSSR count). The molecule has 0 aliphatic carbocycles. The maximum absolute atomic E-state index is 12.0. The van der Waals surface area contributed by atoms with Gasteiger partial charge in [-0.05, 0) is 30.7 Å². The van der Waals surface area contributed by atoms with Crippen molar-refractivity contribution >= 4 is 32.2 Å². The van der Waals surface area contributed by atoms with Crippen LogP contribution in [0.3, 0.4) is 0 Å². The van der Waals surface area contributed by atoms with Crippen LogP contribution in [0.15, 0.2) is 29.2 Å². The van der Waals surface area contributed by atoms with Gasteiger partial charge in [0.15, 0.2) is 0 Å². The minimum atomic E-state index is -3.62. The maximum Gasteiger partial charge on any atom is 0.263 e. The van der Waals surface area contributed by atoms with Gasteiger partial charge in [-0.15, -0.1) is 10.2 Å². The monoisotopic (exact) mass is 302 g/mol. The highest BCUT2D eigenvalue weighted by Gasteiger charge is 2.16. The number of aryl methyl sites for hydroxylation is 1. The summed E-state index contributed by atoms with van der Waals surface area (Å²) in [6, 6.07) is 5.96. The molecule has 0 fully saturated rings. The lowest BCUT2D eigenvalue weighted by atomic mass is 10.3. The molecular formula is C10H14N4O3S2. The van der Waals surface area contributed by atoms with Gasteiger partial charge in [0.1, 0.15) is 5.01 Å². The van der Waals surface area contributed by atoms with E-state index < -0.39 is 10.0 Å². The number of sulfonamides is 1. The minimum Gasteiger partial charge on any atom is -0.412 e. The van der Waals surface area contributed by atoms with Crippen LogP contribution in [0.1, 0.15) is 11.9 Å². The Morgan fingerprint density at radius 1 is 1.26 bits per heavy atom. The Balaban J connectivity index is 0.00000180. The van der Waals surface area contributed by atoms with Crippen LogP contribution >= 0.6 is 11.3 Å². The number of nitrogens with zero attached hydrogens (tertiary/aromatic N) is 2. The number of rotatable bonds is 4. The van der Waals surface area contributed by atoms with Crippen LogP contribution in [0.4, 0.5) is 10.8 Å². The highest BCUT2D eigenvalue weighted by molar-refractivity contribution is 7.93. The quantitative estimate of drug-likeness (QED) is 0.801. The van der Waals surface area contributed by atoms with E-state index in [-0.39, 0.29) is 15.5 Å². The van der Waals surface area contributed by atoms with Crippen LogP contribution in [-0.2, 0) is 16.4 Å². The molecular weight excluding hydrogens is 288 g/mol. The second-order valence-electron chi connectivity index (χ2n) is 3.53. The van der Waals surface area contributed by atoms with Gasteiger partial charge < -0.3 is 11.2 Å². The molecule has 7 nitrogen and oxygen atoms in total. The number of nitrogens with two attached hydrogens (primary N) is 1. The second kappa shape index (κ2) is 5.95. The molecule has 1 heterocycles. The van der Waals surface area contributed by atoms with E-state index in [1.165, 1.54) is 35.6 Å². The van der Waals surface area contributed by atoms with Crippen LogP contribution in [0, 0.1) is 0 Å². The molecule has 0 aliphatic heterocycles. The summed E-state index contributed by atoms with van der Waals surface area (Å²) in [6.07, 6.45) is 0.723. The zero-order chi connectivity index (χ0) is 13.2. The molecule has 2 aromatic rings. The number of nitrogen functional groups attached to an aromatic ring is 1. The number of hydrogen-bond donors (Lipinski definition) is 2. The van der Waals surface area contributed by atoms with Crippen LogP contribution < -0.4 is 10.5 Å². The molecule has 5 N–H and O–H groups in total. The van der Waals surface area contributed by atoms with Gasteiger partial charge >= 0.3 is 0 Å². The second-order valence-corrected chi connectivity index (χ2v) is 6.27. The van der Waals surface area contributed by atoms with Gasteiger partial charge in [0, 0.05) is 5.69 Å². The third-order valence-electron chi connectivity index (χ3n) is 2.18. The molecule has 0 atom stereocenters. The Kier molecular flexibility index (Phi) is 4.81. The molecule has 1 aromatic heterocycles. The third-order valence-corrected chi connectivity index (χ3v) is 4.65. The minimum absolute atomic E-state index is 0. The molecule has 19 heavy (non-hydrogen) atoms. The van der Waals surface area contributed by atoms with Crippen LogP contribution in [0.2, 0.25) is 0 Å². The van der Waals surface area contributed by atoms with Gasteiger partial charge in [0.25, 0.3) is 10.0 Å². The maximum atomic E-state index is 12.0. The predicted octanol–water partition coefficient (Wildman–Crippen LogP) is 0.659. The molecule has 9 heteroatoms. The molecule has 0 amide bonds. The van der Waals surface area contributed by atoms with E-state index in [4.69, 9.17) is 5.73 Å². The summed E-state index contributed by atoms with van der Waals surface area (Å²) >= 11 is 1.22. The first-order chi connectivity index (χ1) is 8.51. The van der Waals surface area contributed by atoms with Crippen molar-refractivity contribution in [3.63, 3.8) is 0 Å². The van der Waals surface area contributed by atoms with Crippen molar-refractivity contribution in [2.75, 3.05) is 10.5 Å². The van der Waals surface area contributed by atoms with Gasteiger partial charge in [-0.1, -0.05) is 18.3 Å². The van der Waals surface area contributed by atoms with Gasteiger partial charge in [0.05, 0.1) is 4.90 Å². The average molecular weight is 302 g/mol. The van der Waals surface area contributed by atoms with Crippen molar-refractivity contribution in [3.8, 4) is 0 Å². The van der Waals surface area contributed by atoms with Crippen LogP contribution in [0.5, 0.6) is 0 Å². The van der Waals surface area contributed by atoms with E-state index in [1.54, 1.807) is 0 Å². The normalized spacial score (nSPS) is 10.8. The van der Waals surface area contributed by atoms with Crippen molar-refractivity contribution in [2.24, 2.45) is 0 Å². The SMILES string of the molecule is CCc1nnc(NS(=O)(=O)c2ccc(N)cc2)s1.O. The van der Waals surface area contributed by atoms with E-state index in [9.17, 15) is 8.42 Å². The van der Waals surface area contributed by atoms with Gasteiger partial charge in [-0.3, -0.25) is 4.72 Å². The van der Waals surface area contributed by atoms with Gasteiger partial charge in [-0.2, -0.15) is 0 Å². The number of nitrogens with one attached hydrogen (secondary N) is 1. The first-order valence-corrected chi connectivity index (χ1v) is 7.52. The van der Waals surface area contributed by atoms with E-state index in [1.807, 2.05) is 6.92 Å². The summed E-state index contributed by atoms with van der Waals surface area (Å²) in [5, 5.41) is 8.67. The molecule has 1 aromatic carbocycles. The Bertz CT molecular complexity index is 637. The number of hydrogen-bond acceptors (Lipinski definition) is 6. The molecule has 0 bridgehead atoms. The van der Waals surface area contributed by atoms with E-state index in [0.717, 1.165) is 11.4 Å². The smallest absolute Gasteiger partial charge is 0.263 e. The molecule has 0 saturated carbocycles. The fourth-order valence-electron chi connectivity index (χ4n) is 1.26. The average Bonchev–Trinajstić information content (AvgIpc) is 2.76. The van der Waals surface area contributed by atoms with Crippen LogP contribution in [0.25, 0.3) is 0 Å². The zero-order valence-corrected chi connectivity index (χ0v) is 11.8. The third kappa shape index (κ3) is 3.63. The lowest BCUT2D eigenvalue weighted by Gasteiger charge is -2.04. The lowest BCUT2D eigenvalue weighted by Crippen LogP contribution is -2.12. The predicted molar refractivity (Wildman–Crippen MR) is 74.6 cm³/mol. The van der Waals surface area contributed by atoms with E-state index in [0.29, 0.717) is 5.69 Å². The molecule has 0 unspecified atom stereocenters. The topological polar surface area (TPSA) is 129 Å². The fourth-order valence-corrected chi connectivity index (χ4v) is 3.17. The van der Waals surface area contributed by atoms with Crippen molar-refractivity contribution in [1.29, 1.82) is 0 Å². The number of anilines is 2. The highest BCUT2D eigenvalue weighted by Crippen LogP contribution is 2.20. The Morgan fingerprint density at radius 2 is 1.89 bits per heavy atom. The molecule has 0 spiro atoms. The van der Waals surface area contributed by atoms with E-state index >= 15 is 0 Å². The van der Waals surface area contributed by atoms with Crippen molar-refractivity contribution < 1.29 is 13.9 Å². The summed E-state index contributed by atoms with van der Waals surface area (Å²) < 4.78 is 26.4. The Hall–Kier alpha value is -1.71. The van der Waals surface area contributed by atoms with Gasteiger partial charge in [-0.25, -0.2) is 8.42 Å². The largest absolute Gasteiger partial charge is 0.412 e. The molecule has 0 saturated heterocycles. The van der Waals surface area contributed by atoms with Gasteiger partial charge in [0.2, 0.25) is 5.13 Å². The van der Waals surface area contributed by atoms with E-state index in [2.05, 4.69) is 14.9 Å². The summed E-state index contributed by atoms with van der Waals surface area (Å²) in [7, 11) is -3.62. The number of benzene rings is 1. The molecule has 104 valence electrons. The summed E-state index contributed by atoms with van der Waals surface area (Å²) in [4.78, 5) is 0.143. The Morgan fingerprint density at radius 3 is 2.42 bits per heavy atom. The van der Waals surface area contributed by atoms with Crippen LogP contribution in [-0.4, -0.2) is 24.1 Å². The van der Waals surface area contributed by atoms with Crippen molar-refractivity contribution in [1.82, 2.24) is 10.2 Å².